The van der Waals surface area contributed by atoms with E-state index in [9.17, 15) is 4.79 Å². The maximum Gasteiger partial charge on any atom is 0.339 e. The number of pyridine rings is 1. The van der Waals surface area contributed by atoms with E-state index in [0.717, 1.165) is 29.4 Å². The Morgan fingerprint density at radius 3 is 2.86 bits per heavy atom. The van der Waals surface area contributed by atoms with Gasteiger partial charge in [-0.3, -0.25) is 4.98 Å². The van der Waals surface area contributed by atoms with Gasteiger partial charge in [-0.15, -0.1) is 0 Å². The molecule has 0 saturated carbocycles. The molecule has 0 unspecified atom stereocenters. The number of hydrogen-bond acceptors (Lipinski definition) is 5. The third-order valence-corrected chi connectivity index (χ3v) is 3.08. The molecule has 1 heterocycles. The Kier molecular flexibility index (Phi) is 4.87. The van der Waals surface area contributed by atoms with E-state index in [0.29, 0.717) is 11.3 Å². The third kappa shape index (κ3) is 3.56. The largest absolute Gasteiger partial charge is 0.456 e. The van der Waals surface area contributed by atoms with Crippen molar-refractivity contribution in [1.82, 2.24) is 4.98 Å². The van der Waals surface area contributed by atoms with E-state index in [1.54, 1.807) is 13.0 Å². The minimum Gasteiger partial charge on any atom is -0.456 e. The van der Waals surface area contributed by atoms with E-state index in [-0.39, 0.29) is 6.61 Å². The number of esters is 1. The Bertz CT molecular complexity index is 680. The summed E-state index contributed by atoms with van der Waals surface area (Å²) in [5.74, 6) is -0.436. The Morgan fingerprint density at radius 2 is 2.14 bits per heavy atom. The van der Waals surface area contributed by atoms with E-state index in [2.05, 4.69) is 17.1 Å². The van der Waals surface area contributed by atoms with Crippen molar-refractivity contribution in [3.63, 3.8) is 0 Å². The summed E-state index contributed by atoms with van der Waals surface area (Å²) in [5.41, 5.74) is 2.49. The van der Waals surface area contributed by atoms with Crippen molar-refractivity contribution < 1.29 is 14.7 Å². The van der Waals surface area contributed by atoms with Crippen LogP contribution in [0, 0.1) is 0 Å². The maximum atomic E-state index is 12.2. The summed E-state index contributed by atoms with van der Waals surface area (Å²) >= 11 is 0. The van der Waals surface area contributed by atoms with Crippen molar-refractivity contribution in [3.8, 4) is 0 Å². The van der Waals surface area contributed by atoms with Gasteiger partial charge in [0.15, 0.2) is 0 Å². The first-order valence-electron chi connectivity index (χ1n) is 6.89. The van der Waals surface area contributed by atoms with Crippen LogP contribution in [0.25, 0.3) is 10.9 Å². The number of aryl methyl sites for hydroxylation is 1. The van der Waals surface area contributed by atoms with Crippen LogP contribution in [0.5, 0.6) is 0 Å². The predicted molar refractivity (Wildman–Crippen MR) is 80.9 cm³/mol. The number of ether oxygens (including phenoxy) is 1. The van der Waals surface area contributed by atoms with Gasteiger partial charge < -0.3 is 9.94 Å². The molecular formula is C16H18N2O3. The number of carbonyl (C=O) groups excluding carboxylic acids is 1. The summed E-state index contributed by atoms with van der Waals surface area (Å²) in [4.78, 5) is 16.8. The summed E-state index contributed by atoms with van der Waals surface area (Å²) in [6, 6.07) is 9.26. The molecule has 5 nitrogen and oxygen atoms in total. The number of fused-ring (bicyclic) bond motifs is 1. The quantitative estimate of drug-likeness (QED) is 0.396. The number of rotatable bonds is 5. The van der Waals surface area contributed by atoms with Crippen LogP contribution >= 0.6 is 0 Å². The number of carbonyl (C=O) groups is 1. The number of oxime groups is 1. The topological polar surface area (TPSA) is 71.8 Å². The second-order valence-corrected chi connectivity index (χ2v) is 4.84. The SMILES string of the molecule is CCCc1cc(C(=O)OC/C(C)=N\O)c2ccccc2n1. The van der Waals surface area contributed by atoms with Crippen molar-refractivity contribution in [3.05, 3.63) is 41.6 Å². The molecule has 2 rings (SSSR count). The minimum absolute atomic E-state index is 0.0326. The van der Waals surface area contributed by atoms with Crippen LogP contribution in [-0.2, 0) is 11.2 Å². The van der Waals surface area contributed by atoms with Crippen LogP contribution < -0.4 is 0 Å². The molecule has 0 atom stereocenters. The first-order valence-corrected chi connectivity index (χ1v) is 6.89. The fourth-order valence-electron chi connectivity index (χ4n) is 2.06. The molecule has 5 heteroatoms. The number of para-hydroxylation sites is 1. The zero-order valence-corrected chi connectivity index (χ0v) is 12.2. The fourth-order valence-corrected chi connectivity index (χ4v) is 2.06. The average molecular weight is 286 g/mol. The smallest absolute Gasteiger partial charge is 0.339 e. The van der Waals surface area contributed by atoms with Gasteiger partial charge >= 0.3 is 5.97 Å². The second-order valence-electron chi connectivity index (χ2n) is 4.84. The molecule has 0 aliphatic heterocycles. The molecule has 0 spiro atoms. The lowest BCUT2D eigenvalue weighted by Crippen LogP contribution is -2.13. The van der Waals surface area contributed by atoms with Gasteiger partial charge in [-0.2, -0.15) is 0 Å². The molecule has 1 aromatic carbocycles. The van der Waals surface area contributed by atoms with Gasteiger partial charge in [-0.05, 0) is 25.5 Å². The van der Waals surface area contributed by atoms with E-state index >= 15 is 0 Å². The van der Waals surface area contributed by atoms with Gasteiger partial charge in [0.25, 0.3) is 0 Å². The zero-order valence-electron chi connectivity index (χ0n) is 12.2. The molecule has 0 aliphatic rings. The average Bonchev–Trinajstić information content (AvgIpc) is 2.51. The van der Waals surface area contributed by atoms with Crippen LogP contribution in [0.3, 0.4) is 0 Å². The molecule has 110 valence electrons. The number of aromatic nitrogens is 1. The number of nitrogens with zero attached hydrogens (tertiary/aromatic N) is 2. The minimum atomic E-state index is -0.436. The van der Waals surface area contributed by atoms with E-state index in [1.807, 2.05) is 24.3 Å². The van der Waals surface area contributed by atoms with Crippen LogP contribution in [-0.4, -0.2) is 28.5 Å². The standard InChI is InChI=1S/C16H18N2O3/c1-3-6-12-9-14(16(19)21-10-11(2)18-20)13-7-4-5-8-15(13)17-12/h4-5,7-9,20H,3,6,10H2,1-2H3/b18-11-. The van der Waals surface area contributed by atoms with Crippen molar-refractivity contribution in [2.75, 3.05) is 6.61 Å². The highest BCUT2D eigenvalue weighted by Crippen LogP contribution is 2.20. The lowest BCUT2D eigenvalue weighted by Gasteiger charge is -2.09. The third-order valence-electron chi connectivity index (χ3n) is 3.08. The zero-order chi connectivity index (χ0) is 15.2. The highest BCUT2D eigenvalue weighted by Gasteiger charge is 2.14. The number of hydrogen-bond donors (Lipinski definition) is 1. The van der Waals surface area contributed by atoms with Crippen LogP contribution in [0.4, 0.5) is 0 Å². The monoisotopic (exact) mass is 286 g/mol. The van der Waals surface area contributed by atoms with Gasteiger partial charge in [0.1, 0.15) is 6.61 Å². The Balaban J connectivity index is 2.38. The molecule has 0 saturated heterocycles. The Morgan fingerprint density at radius 1 is 1.38 bits per heavy atom. The summed E-state index contributed by atoms with van der Waals surface area (Å²) in [6.45, 7) is 3.62. The molecule has 0 amide bonds. The Hall–Kier alpha value is -2.43. The molecule has 1 aromatic heterocycles. The normalized spacial score (nSPS) is 11.6. The van der Waals surface area contributed by atoms with Crippen molar-refractivity contribution in [2.24, 2.45) is 5.16 Å². The molecular weight excluding hydrogens is 268 g/mol. The predicted octanol–water partition coefficient (Wildman–Crippen LogP) is 3.19. The summed E-state index contributed by atoms with van der Waals surface area (Å²) in [7, 11) is 0. The lowest BCUT2D eigenvalue weighted by atomic mass is 10.1. The molecule has 0 radical (unpaired) electrons. The summed E-state index contributed by atoms with van der Waals surface area (Å²) in [6.07, 6.45) is 1.76. The summed E-state index contributed by atoms with van der Waals surface area (Å²) in [5, 5.41) is 12.3. The van der Waals surface area contributed by atoms with Crippen molar-refractivity contribution in [1.29, 1.82) is 0 Å². The molecule has 0 fully saturated rings. The maximum absolute atomic E-state index is 12.2. The van der Waals surface area contributed by atoms with Crippen LogP contribution in [0.2, 0.25) is 0 Å². The second kappa shape index (κ2) is 6.83. The van der Waals surface area contributed by atoms with Crippen molar-refractivity contribution >= 4 is 22.6 Å². The van der Waals surface area contributed by atoms with E-state index in [1.165, 1.54) is 0 Å². The van der Waals surface area contributed by atoms with Crippen LogP contribution in [0.1, 0.15) is 36.3 Å². The molecule has 21 heavy (non-hydrogen) atoms. The lowest BCUT2D eigenvalue weighted by molar-refractivity contribution is 0.0563. The molecule has 0 bridgehead atoms. The molecule has 1 N–H and O–H groups in total. The first kappa shape index (κ1) is 15.0. The van der Waals surface area contributed by atoms with Gasteiger partial charge in [-0.1, -0.05) is 36.7 Å². The van der Waals surface area contributed by atoms with Gasteiger partial charge in [0, 0.05) is 11.1 Å². The fraction of sp³-hybridized carbons (Fsp3) is 0.312. The molecule has 0 aliphatic carbocycles. The first-order chi connectivity index (χ1) is 10.2. The van der Waals surface area contributed by atoms with E-state index < -0.39 is 5.97 Å². The summed E-state index contributed by atoms with van der Waals surface area (Å²) < 4.78 is 5.16. The van der Waals surface area contributed by atoms with E-state index in [4.69, 9.17) is 9.94 Å². The Labute approximate surface area is 123 Å². The van der Waals surface area contributed by atoms with Gasteiger partial charge in [0.05, 0.1) is 16.8 Å². The van der Waals surface area contributed by atoms with Gasteiger partial charge in [-0.25, -0.2) is 4.79 Å². The highest BCUT2D eigenvalue weighted by molar-refractivity contribution is 6.04. The highest BCUT2D eigenvalue weighted by atomic mass is 16.5. The van der Waals surface area contributed by atoms with Gasteiger partial charge in [0.2, 0.25) is 0 Å². The number of benzene rings is 1. The van der Waals surface area contributed by atoms with Crippen molar-refractivity contribution in [2.45, 2.75) is 26.7 Å². The molecule has 2 aromatic rings. The van der Waals surface area contributed by atoms with Crippen LogP contribution in [0.15, 0.2) is 35.5 Å².